The lowest BCUT2D eigenvalue weighted by Gasteiger charge is -2.18. The van der Waals surface area contributed by atoms with E-state index < -0.39 is 5.97 Å². The first-order valence-electron chi connectivity index (χ1n) is 9.16. The van der Waals surface area contributed by atoms with Gasteiger partial charge in [-0.15, -0.1) is 0 Å². The molecule has 3 rings (SSSR count). The molecule has 0 bridgehead atoms. The Morgan fingerprint density at radius 1 is 1.14 bits per heavy atom. The number of rotatable bonds is 5. The summed E-state index contributed by atoms with van der Waals surface area (Å²) in [6, 6.07) is 12.0. The number of carbonyl (C=O) groups is 2. The summed E-state index contributed by atoms with van der Waals surface area (Å²) in [7, 11) is 0. The maximum atomic E-state index is 13.1. The minimum absolute atomic E-state index is 0.246. The smallest absolute Gasteiger partial charge is 0.335 e. The molecular formula is C22H22ClN3O3. The second-order valence-corrected chi connectivity index (χ2v) is 7.36. The third kappa shape index (κ3) is 4.03. The Hall–Kier alpha value is -3.12. The first kappa shape index (κ1) is 20.6. The van der Waals surface area contributed by atoms with E-state index in [1.807, 2.05) is 32.0 Å². The molecule has 0 saturated carbocycles. The number of hydrogen-bond acceptors (Lipinski definition) is 3. The number of benzene rings is 2. The molecule has 1 aromatic heterocycles. The summed E-state index contributed by atoms with van der Waals surface area (Å²) in [4.78, 5) is 28.8. The lowest BCUT2D eigenvalue weighted by Crippen LogP contribution is -2.29. The van der Waals surface area contributed by atoms with Crippen molar-refractivity contribution in [3.63, 3.8) is 0 Å². The Kier molecular flexibility index (Phi) is 5.75. The topological polar surface area (TPSA) is 84.2 Å². The molecule has 1 atom stereocenters. The third-order valence-corrected chi connectivity index (χ3v) is 5.18. The molecule has 0 radical (unpaired) electrons. The predicted octanol–water partition coefficient (Wildman–Crippen LogP) is 4.64. The van der Waals surface area contributed by atoms with Crippen LogP contribution in [0.25, 0.3) is 5.69 Å². The predicted molar refractivity (Wildman–Crippen MR) is 112 cm³/mol. The molecular weight excluding hydrogens is 390 g/mol. The molecule has 0 aliphatic carbocycles. The van der Waals surface area contributed by atoms with E-state index in [2.05, 4.69) is 10.3 Å². The monoisotopic (exact) mass is 411 g/mol. The van der Waals surface area contributed by atoms with Crippen LogP contribution in [0, 0.1) is 20.8 Å². The number of nitrogens with zero attached hydrogens (tertiary/aromatic N) is 2. The number of para-hydroxylation sites is 1. The van der Waals surface area contributed by atoms with Crippen molar-refractivity contribution < 1.29 is 14.7 Å². The van der Waals surface area contributed by atoms with Gasteiger partial charge in [-0.25, -0.2) is 9.78 Å². The van der Waals surface area contributed by atoms with Gasteiger partial charge in [0.05, 0.1) is 28.0 Å². The fourth-order valence-electron chi connectivity index (χ4n) is 3.41. The fraction of sp³-hybridized carbons (Fsp3) is 0.227. The zero-order valence-electron chi connectivity index (χ0n) is 16.7. The average Bonchev–Trinajstić information content (AvgIpc) is 2.95. The van der Waals surface area contributed by atoms with Crippen molar-refractivity contribution in [1.29, 1.82) is 0 Å². The van der Waals surface area contributed by atoms with Gasteiger partial charge in [0, 0.05) is 0 Å². The summed E-state index contributed by atoms with van der Waals surface area (Å²) in [6.45, 7) is 7.20. The number of nitrogens with one attached hydrogen (secondary N) is 1. The lowest BCUT2D eigenvalue weighted by molar-refractivity contribution is 0.0695. The Morgan fingerprint density at radius 3 is 2.45 bits per heavy atom. The number of carbonyl (C=O) groups excluding carboxylic acids is 1. The van der Waals surface area contributed by atoms with E-state index in [4.69, 9.17) is 11.6 Å². The van der Waals surface area contributed by atoms with Gasteiger partial charge < -0.3 is 10.4 Å². The van der Waals surface area contributed by atoms with Gasteiger partial charge in [-0.1, -0.05) is 35.9 Å². The van der Waals surface area contributed by atoms with Crippen LogP contribution in [0.2, 0.25) is 5.02 Å². The number of aryl methyl sites for hydroxylation is 3. The standard InChI is InChI=1S/C22H22ClN3O3/c1-12-11-16(9-10-17(12)22(28)29)13(2)25-21(27)20-14(3)24-15(4)26(20)19-8-6-5-7-18(19)23/h5-11,13H,1-4H3,(H,25,27)(H,28,29). The van der Waals surface area contributed by atoms with Crippen LogP contribution in [0.4, 0.5) is 0 Å². The highest BCUT2D eigenvalue weighted by Gasteiger charge is 2.23. The molecule has 2 aromatic carbocycles. The van der Waals surface area contributed by atoms with Gasteiger partial charge in [-0.2, -0.15) is 0 Å². The highest BCUT2D eigenvalue weighted by atomic mass is 35.5. The summed E-state index contributed by atoms with van der Waals surface area (Å²) in [6.07, 6.45) is 0. The minimum atomic E-state index is -0.972. The normalized spacial score (nSPS) is 11.9. The maximum Gasteiger partial charge on any atom is 0.335 e. The molecule has 6 nitrogen and oxygen atoms in total. The van der Waals surface area contributed by atoms with Crippen LogP contribution in [0.15, 0.2) is 42.5 Å². The van der Waals surface area contributed by atoms with Crippen molar-refractivity contribution in [3.8, 4) is 5.69 Å². The highest BCUT2D eigenvalue weighted by Crippen LogP contribution is 2.25. The molecule has 1 amide bonds. The summed E-state index contributed by atoms with van der Waals surface area (Å²) >= 11 is 6.35. The molecule has 2 N–H and O–H groups in total. The lowest BCUT2D eigenvalue weighted by atomic mass is 10.0. The van der Waals surface area contributed by atoms with Gasteiger partial charge >= 0.3 is 5.97 Å². The summed E-state index contributed by atoms with van der Waals surface area (Å²) in [5.74, 6) is -0.592. The molecule has 150 valence electrons. The fourth-order valence-corrected chi connectivity index (χ4v) is 3.63. The number of halogens is 1. The number of amides is 1. The van der Waals surface area contributed by atoms with Gasteiger partial charge in [-0.05, 0) is 57.0 Å². The van der Waals surface area contributed by atoms with E-state index in [1.165, 1.54) is 0 Å². The third-order valence-electron chi connectivity index (χ3n) is 4.86. The van der Waals surface area contributed by atoms with Crippen LogP contribution in [0.5, 0.6) is 0 Å². The Balaban J connectivity index is 1.93. The van der Waals surface area contributed by atoms with Crippen LogP contribution >= 0.6 is 11.6 Å². The molecule has 0 fully saturated rings. The molecule has 0 aliphatic heterocycles. The van der Waals surface area contributed by atoms with Crippen LogP contribution in [0.1, 0.15) is 56.5 Å². The number of carboxylic acid groups (broad SMARTS) is 1. The number of carboxylic acids is 1. The minimum Gasteiger partial charge on any atom is -0.478 e. The largest absolute Gasteiger partial charge is 0.478 e. The van der Waals surface area contributed by atoms with E-state index in [-0.39, 0.29) is 17.5 Å². The van der Waals surface area contributed by atoms with Gasteiger partial charge in [-0.3, -0.25) is 9.36 Å². The van der Waals surface area contributed by atoms with Crippen LogP contribution in [0.3, 0.4) is 0 Å². The molecule has 0 aliphatic rings. The average molecular weight is 412 g/mol. The molecule has 7 heteroatoms. The summed E-state index contributed by atoms with van der Waals surface area (Å²) in [5, 5.41) is 12.7. The SMILES string of the molecule is Cc1cc(C(C)NC(=O)c2c(C)nc(C)n2-c2ccccc2Cl)ccc1C(=O)O. The molecule has 3 aromatic rings. The second-order valence-electron chi connectivity index (χ2n) is 6.95. The quantitative estimate of drug-likeness (QED) is 0.640. The number of aromatic nitrogens is 2. The molecule has 0 saturated heterocycles. The molecule has 1 heterocycles. The van der Waals surface area contributed by atoms with Crippen molar-refractivity contribution in [3.05, 3.63) is 81.4 Å². The summed E-state index contributed by atoms with van der Waals surface area (Å²) in [5.41, 5.74) is 3.41. The number of aromatic carboxylic acids is 1. The van der Waals surface area contributed by atoms with Crippen molar-refractivity contribution in [1.82, 2.24) is 14.9 Å². The van der Waals surface area contributed by atoms with E-state index >= 15 is 0 Å². The zero-order chi connectivity index (χ0) is 21.3. The maximum absolute atomic E-state index is 13.1. The van der Waals surface area contributed by atoms with E-state index in [9.17, 15) is 14.7 Å². The Morgan fingerprint density at radius 2 is 1.83 bits per heavy atom. The van der Waals surface area contributed by atoms with Crippen LogP contribution < -0.4 is 5.32 Å². The highest BCUT2D eigenvalue weighted by molar-refractivity contribution is 6.32. The van der Waals surface area contributed by atoms with Gasteiger partial charge in [0.2, 0.25) is 0 Å². The van der Waals surface area contributed by atoms with Crippen molar-refractivity contribution in [2.45, 2.75) is 33.7 Å². The Labute approximate surface area is 174 Å². The molecule has 1 unspecified atom stereocenters. The zero-order valence-corrected chi connectivity index (χ0v) is 17.4. The van der Waals surface area contributed by atoms with E-state index in [0.29, 0.717) is 33.5 Å². The first-order valence-corrected chi connectivity index (χ1v) is 9.54. The van der Waals surface area contributed by atoms with Crippen LogP contribution in [-0.4, -0.2) is 26.5 Å². The van der Waals surface area contributed by atoms with Crippen molar-refractivity contribution in [2.24, 2.45) is 0 Å². The Bertz CT molecular complexity index is 1100. The van der Waals surface area contributed by atoms with Crippen LogP contribution in [-0.2, 0) is 0 Å². The van der Waals surface area contributed by atoms with Gasteiger partial charge in [0.25, 0.3) is 5.91 Å². The van der Waals surface area contributed by atoms with E-state index in [1.54, 1.807) is 42.7 Å². The molecule has 29 heavy (non-hydrogen) atoms. The van der Waals surface area contributed by atoms with E-state index in [0.717, 1.165) is 5.56 Å². The van der Waals surface area contributed by atoms with Crippen molar-refractivity contribution in [2.75, 3.05) is 0 Å². The summed E-state index contributed by atoms with van der Waals surface area (Å²) < 4.78 is 1.75. The van der Waals surface area contributed by atoms with Gasteiger partial charge in [0.15, 0.2) is 0 Å². The first-order chi connectivity index (χ1) is 13.7. The van der Waals surface area contributed by atoms with Crippen molar-refractivity contribution >= 4 is 23.5 Å². The van der Waals surface area contributed by atoms with Gasteiger partial charge in [0.1, 0.15) is 11.5 Å². The number of imidazole rings is 1. The molecule has 0 spiro atoms. The number of hydrogen-bond donors (Lipinski definition) is 2. The second kappa shape index (κ2) is 8.09.